The van der Waals surface area contributed by atoms with Crippen molar-refractivity contribution >= 4 is 10.9 Å². The van der Waals surface area contributed by atoms with Gasteiger partial charge in [-0.3, -0.25) is 9.36 Å². The molecule has 3 aromatic rings. The van der Waals surface area contributed by atoms with Crippen LogP contribution in [0.15, 0.2) is 53.3 Å². The van der Waals surface area contributed by atoms with E-state index in [9.17, 15) is 4.79 Å². The summed E-state index contributed by atoms with van der Waals surface area (Å²) < 4.78 is 1.68. The summed E-state index contributed by atoms with van der Waals surface area (Å²) in [6.07, 6.45) is 0. The molecule has 1 heterocycles. The van der Waals surface area contributed by atoms with Crippen LogP contribution in [0.1, 0.15) is 32.2 Å². The van der Waals surface area contributed by atoms with Crippen molar-refractivity contribution < 1.29 is 0 Å². The summed E-state index contributed by atoms with van der Waals surface area (Å²) in [6.45, 7) is 8.40. The van der Waals surface area contributed by atoms with Crippen molar-refractivity contribution in [2.45, 2.75) is 33.1 Å². The Hall–Kier alpha value is -2.42. The number of aromatic nitrogens is 2. The lowest BCUT2D eigenvalue weighted by atomic mass is 9.87. The molecule has 22 heavy (non-hydrogen) atoms. The Morgan fingerprint density at radius 3 is 2.23 bits per heavy atom. The van der Waals surface area contributed by atoms with Crippen LogP contribution in [0, 0.1) is 6.92 Å². The van der Waals surface area contributed by atoms with Gasteiger partial charge in [-0.1, -0.05) is 45.0 Å². The van der Waals surface area contributed by atoms with Crippen LogP contribution in [0.4, 0.5) is 0 Å². The van der Waals surface area contributed by atoms with Crippen molar-refractivity contribution in [3.05, 3.63) is 70.3 Å². The molecule has 0 fully saturated rings. The lowest BCUT2D eigenvalue weighted by Crippen LogP contribution is -2.22. The molecule has 0 radical (unpaired) electrons. The van der Waals surface area contributed by atoms with E-state index in [-0.39, 0.29) is 11.0 Å². The molecule has 0 N–H and O–H groups in total. The maximum Gasteiger partial charge on any atom is 0.265 e. The molecule has 0 saturated carbocycles. The van der Waals surface area contributed by atoms with Crippen molar-refractivity contribution in [2.24, 2.45) is 0 Å². The summed E-state index contributed by atoms with van der Waals surface area (Å²) in [5, 5.41) is 0.646. The fourth-order valence-corrected chi connectivity index (χ4v) is 2.66. The van der Waals surface area contributed by atoms with Crippen molar-refractivity contribution in [2.75, 3.05) is 0 Å². The molecular weight excluding hydrogens is 272 g/mol. The van der Waals surface area contributed by atoms with Crippen LogP contribution in [0.3, 0.4) is 0 Å². The first-order valence-electron chi connectivity index (χ1n) is 7.47. The van der Waals surface area contributed by atoms with Gasteiger partial charge < -0.3 is 0 Å². The van der Waals surface area contributed by atoms with E-state index in [4.69, 9.17) is 0 Å². The van der Waals surface area contributed by atoms with Gasteiger partial charge in [-0.05, 0) is 42.2 Å². The van der Waals surface area contributed by atoms with Crippen molar-refractivity contribution in [1.29, 1.82) is 0 Å². The zero-order chi connectivity index (χ0) is 15.9. The number of benzene rings is 2. The average Bonchev–Trinajstić information content (AvgIpc) is 2.47. The number of nitrogens with zero attached hydrogens (tertiary/aromatic N) is 2. The van der Waals surface area contributed by atoms with Crippen LogP contribution in [-0.2, 0) is 5.41 Å². The SMILES string of the molecule is Cc1nc2ccccc2c(=O)n1-c1ccc(C(C)(C)C)cc1. The normalized spacial score (nSPS) is 11.8. The Morgan fingerprint density at radius 2 is 1.59 bits per heavy atom. The summed E-state index contributed by atoms with van der Waals surface area (Å²) in [5.74, 6) is 0.701. The number of rotatable bonds is 1. The van der Waals surface area contributed by atoms with Gasteiger partial charge in [-0.25, -0.2) is 4.98 Å². The van der Waals surface area contributed by atoms with Gasteiger partial charge in [0.2, 0.25) is 0 Å². The van der Waals surface area contributed by atoms with Gasteiger partial charge in [0.25, 0.3) is 5.56 Å². The number of hydrogen-bond acceptors (Lipinski definition) is 2. The minimum atomic E-state index is -0.0217. The fourth-order valence-electron chi connectivity index (χ4n) is 2.66. The molecule has 3 nitrogen and oxygen atoms in total. The van der Waals surface area contributed by atoms with Crippen molar-refractivity contribution in [3.8, 4) is 5.69 Å². The number of hydrogen-bond donors (Lipinski definition) is 0. The van der Waals surface area contributed by atoms with E-state index in [0.717, 1.165) is 11.2 Å². The molecule has 3 heteroatoms. The predicted molar refractivity (Wildman–Crippen MR) is 90.8 cm³/mol. The minimum absolute atomic E-state index is 0.0217. The molecular formula is C19H20N2O. The molecule has 1 aromatic heterocycles. The molecule has 0 saturated heterocycles. The van der Waals surface area contributed by atoms with Gasteiger partial charge >= 0.3 is 0 Å². The van der Waals surface area contributed by atoms with Crippen LogP contribution in [-0.4, -0.2) is 9.55 Å². The second kappa shape index (κ2) is 5.09. The first-order valence-corrected chi connectivity index (χ1v) is 7.47. The topological polar surface area (TPSA) is 34.9 Å². The van der Waals surface area contributed by atoms with Crippen LogP contribution in [0.5, 0.6) is 0 Å². The molecule has 0 aliphatic heterocycles. The third-order valence-electron chi connectivity index (χ3n) is 3.93. The molecule has 0 amide bonds. The molecule has 112 valence electrons. The Labute approximate surface area is 130 Å². The van der Waals surface area contributed by atoms with Gasteiger partial charge in [0.05, 0.1) is 16.6 Å². The number of aryl methyl sites for hydroxylation is 1. The molecule has 0 atom stereocenters. The summed E-state index contributed by atoms with van der Waals surface area (Å²) in [4.78, 5) is 17.3. The standard InChI is InChI=1S/C19H20N2O/c1-13-20-17-8-6-5-7-16(17)18(22)21(13)15-11-9-14(10-12-15)19(2,3)4/h5-12H,1-4H3. The van der Waals surface area contributed by atoms with Crippen molar-refractivity contribution in [3.63, 3.8) is 0 Å². The Balaban J connectivity index is 2.20. The highest BCUT2D eigenvalue weighted by Gasteiger charge is 2.14. The van der Waals surface area contributed by atoms with Crippen LogP contribution in [0.25, 0.3) is 16.6 Å². The van der Waals surface area contributed by atoms with E-state index in [1.54, 1.807) is 4.57 Å². The minimum Gasteiger partial charge on any atom is -0.268 e. The maximum atomic E-state index is 12.8. The van der Waals surface area contributed by atoms with Gasteiger partial charge in [-0.2, -0.15) is 0 Å². The van der Waals surface area contributed by atoms with Crippen LogP contribution in [0.2, 0.25) is 0 Å². The summed E-state index contributed by atoms with van der Waals surface area (Å²) in [6, 6.07) is 15.6. The van der Waals surface area contributed by atoms with E-state index in [1.165, 1.54) is 5.56 Å². The van der Waals surface area contributed by atoms with Crippen LogP contribution >= 0.6 is 0 Å². The van der Waals surface area contributed by atoms with E-state index in [0.29, 0.717) is 11.2 Å². The quantitative estimate of drug-likeness (QED) is 0.679. The first kappa shape index (κ1) is 14.5. The zero-order valence-electron chi connectivity index (χ0n) is 13.4. The second-order valence-electron chi connectivity index (χ2n) is 6.61. The molecule has 0 aliphatic carbocycles. The Bertz CT molecular complexity index is 884. The lowest BCUT2D eigenvalue weighted by molar-refractivity contribution is 0.590. The molecule has 0 unspecified atom stereocenters. The van der Waals surface area contributed by atoms with Gasteiger partial charge in [-0.15, -0.1) is 0 Å². The zero-order valence-corrected chi connectivity index (χ0v) is 13.4. The van der Waals surface area contributed by atoms with E-state index in [1.807, 2.05) is 43.3 Å². The number of para-hydroxylation sites is 1. The summed E-state index contributed by atoms with van der Waals surface area (Å²) in [7, 11) is 0. The highest BCUT2D eigenvalue weighted by Crippen LogP contribution is 2.23. The highest BCUT2D eigenvalue weighted by atomic mass is 16.1. The summed E-state index contributed by atoms with van der Waals surface area (Å²) >= 11 is 0. The molecule has 0 spiro atoms. The predicted octanol–water partition coefficient (Wildman–Crippen LogP) is 3.99. The highest BCUT2D eigenvalue weighted by molar-refractivity contribution is 5.77. The molecule has 3 rings (SSSR count). The second-order valence-corrected chi connectivity index (χ2v) is 6.61. The fraction of sp³-hybridized carbons (Fsp3) is 0.263. The lowest BCUT2D eigenvalue weighted by Gasteiger charge is -2.19. The van der Waals surface area contributed by atoms with Crippen molar-refractivity contribution in [1.82, 2.24) is 9.55 Å². The third-order valence-corrected chi connectivity index (χ3v) is 3.93. The van der Waals surface area contributed by atoms with E-state index >= 15 is 0 Å². The van der Waals surface area contributed by atoms with Crippen LogP contribution < -0.4 is 5.56 Å². The average molecular weight is 292 g/mol. The molecule has 0 bridgehead atoms. The van der Waals surface area contributed by atoms with Gasteiger partial charge in [0.15, 0.2) is 0 Å². The monoisotopic (exact) mass is 292 g/mol. The smallest absolute Gasteiger partial charge is 0.265 e. The van der Waals surface area contributed by atoms with E-state index < -0.39 is 0 Å². The number of fused-ring (bicyclic) bond motifs is 1. The molecule has 0 aliphatic rings. The Morgan fingerprint density at radius 1 is 0.955 bits per heavy atom. The largest absolute Gasteiger partial charge is 0.268 e. The maximum absolute atomic E-state index is 12.8. The molecule has 2 aromatic carbocycles. The third kappa shape index (κ3) is 2.43. The van der Waals surface area contributed by atoms with Gasteiger partial charge in [0.1, 0.15) is 5.82 Å². The van der Waals surface area contributed by atoms with E-state index in [2.05, 4.69) is 37.9 Å². The summed E-state index contributed by atoms with van der Waals surface area (Å²) in [5.41, 5.74) is 2.92. The Kier molecular flexibility index (Phi) is 3.36. The van der Waals surface area contributed by atoms with Gasteiger partial charge in [0, 0.05) is 0 Å². The first-order chi connectivity index (χ1) is 10.4.